The minimum absolute atomic E-state index is 0.147. The van der Waals surface area contributed by atoms with Gasteiger partial charge in [0.1, 0.15) is 6.10 Å². The van der Waals surface area contributed by atoms with Gasteiger partial charge < -0.3 is 14.8 Å². The summed E-state index contributed by atoms with van der Waals surface area (Å²) in [5.74, 6) is 0.289. The molecule has 0 radical (unpaired) electrons. The molecule has 25 heavy (non-hydrogen) atoms. The number of alkyl halides is 3. The van der Waals surface area contributed by atoms with Crippen LogP contribution in [0.5, 0.6) is 11.6 Å². The highest BCUT2D eigenvalue weighted by Crippen LogP contribution is 2.35. The Bertz CT molecular complexity index is 674. The summed E-state index contributed by atoms with van der Waals surface area (Å²) in [6, 6.07) is 12.8. The predicted octanol–water partition coefficient (Wildman–Crippen LogP) is 3.75. The fourth-order valence-electron chi connectivity index (χ4n) is 2.88. The van der Waals surface area contributed by atoms with E-state index in [1.54, 1.807) is 12.1 Å². The Morgan fingerprint density at radius 1 is 1.16 bits per heavy atom. The van der Waals surface area contributed by atoms with Gasteiger partial charge in [0.25, 0.3) is 5.88 Å². The van der Waals surface area contributed by atoms with Crippen molar-refractivity contribution < 1.29 is 22.6 Å². The van der Waals surface area contributed by atoms with E-state index in [1.807, 2.05) is 30.3 Å². The summed E-state index contributed by atoms with van der Waals surface area (Å²) in [5.41, 5.74) is 0.974. The van der Waals surface area contributed by atoms with Crippen molar-refractivity contribution in [2.45, 2.75) is 18.7 Å². The van der Waals surface area contributed by atoms with Crippen molar-refractivity contribution in [2.75, 3.05) is 19.7 Å². The number of nitrogens with zero attached hydrogens (tertiary/aromatic N) is 1. The maximum absolute atomic E-state index is 12.4. The monoisotopic (exact) mass is 352 g/mol. The van der Waals surface area contributed by atoms with Gasteiger partial charge in [-0.15, -0.1) is 0 Å². The zero-order valence-corrected chi connectivity index (χ0v) is 13.5. The number of ether oxygens (including phenoxy) is 2. The van der Waals surface area contributed by atoms with Crippen LogP contribution >= 0.6 is 0 Å². The molecule has 1 aliphatic heterocycles. The van der Waals surface area contributed by atoms with Gasteiger partial charge in [0.2, 0.25) is 0 Å². The van der Waals surface area contributed by atoms with Gasteiger partial charge in [-0.2, -0.15) is 13.2 Å². The predicted molar refractivity (Wildman–Crippen MR) is 86.6 cm³/mol. The van der Waals surface area contributed by atoms with Crippen molar-refractivity contribution in [1.82, 2.24) is 10.3 Å². The third-order valence-electron chi connectivity index (χ3n) is 4.02. The minimum Gasteiger partial charge on any atom is -0.480 e. The Hall–Kier alpha value is -2.28. The van der Waals surface area contributed by atoms with Crippen molar-refractivity contribution in [3.8, 4) is 11.6 Å². The van der Waals surface area contributed by atoms with Crippen LogP contribution in [0.25, 0.3) is 0 Å². The molecule has 1 unspecified atom stereocenters. The second-order valence-corrected chi connectivity index (χ2v) is 5.91. The highest BCUT2D eigenvalue weighted by molar-refractivity contribution is 5.34. The van der Waals surface area contributed by atoms with Crippen LogP contribution in [0.2, 0.25) is 0 Å². The number of hydrogen-bond acceptors (Lipinski definition) is 4. The molecule has 2 atom stereocenters. The summed E-state index contributed by atoms with van der Waals surface area (Å²) in [6.07, 6.45) is -2.40. The Morgan fingerprint density at radius 3 is 2.64 bits per heavy atom. The van der Waals surface area contributed by atoms with Crippen LogP contribution < -0.4 is 14.8 Å². The Kier molecular flexibility index (Phi) is 5.43. The van der Waals surface area contributed by atoms with Crippen molar-refractivity contribution in [2.24, 2.45) is 5.92 Å². The van der Waals surface area contributed by atoms with Crippen LogP contribution in [-0.2, 0) is 0 Å². The number of pyridine rings is 1. The normalized spacial score (nSPS) is 18.8. The molecule has 4 nitrogen and oxygen atoms in total. The summed E-state index contributed by atoms with van der Waals surface area (Å²) < 4.78 is 48.2. The number of rotatable bonds is 6. The molecule has 1 aromatic heterocycles. The summed E-state index contributed by atoms with van der Waals surface area (Å²) in [7, 11) is 0. The van der Waals surface area contributed by atoms with Gasteiger partial charge in [0.05, 0.1) is 0 Å². The fourth-order valence-corrected chi connectivity index (χ4v) is 2.88. The Morgan fingerprint density at radius 2 is 1.96 bits per heavy atom. The molecule has 3 rings (SSSR count). The van der Waals surface area contributed by atoms with Crippen molar-refractivity contribution in [3.05, 3.63) is 54.2 Å². The number of hydrogen-bond donors (Lipinski definition) is 1. The smallest absolute Gasteiger partial charge is 0.422 e. The number of nitrogens with one attached hydrogen (secondary N) is 1. The topological polar surface area (TPSA) is 43.4 Å². The van der Waals surface area contributed by atoms with E-state index in [-0.39, 0.29) is 23.7 Å². The molecule has 1 aliphatic rings. The zero-order chi connectivity index (χ0) is 17.7. The molecule has 1 N–H and O–H groups in total. The molecule has 1 aromatic carbocycles. The molecule has 0 spiro atoms. The van der Waals surface area contributed by atoms with E-state index in [0.717, 1.165) is 25.1 Å². The molecule has 7 heteroatoms. The Balaban J connectivity index is 1.82. The first kappa shape index (κ1) is 17.5. The van der Waals surface area contributed by atoms with Crippen LogP contribution in [0, 0.1) is 5.92 Å². The fraction of sp³-hybridized carbons (Fsp3) is 0.389. The second-order valence-electron chi connectivity index (χ2n) is 5.91. The summed E-state index contributed by atoms with van der Waals surface area (Å²) >= 11 is 0. The second kappa shape index (κ2) is 7.74. The summed E-state index contributed by atoms with van der Waals surface area (Å²) in [4.78, 5) is 3.89. The van der Waals surface area contributed by atoms with Gasteiger partial charge in [-0.3, -0.25) is 0 Å². The average molecular weight is 352 g/mol. The maximum Gasteiger partial charge on any atom is 0.422 e. The van der Waals surface area contributed by atoms with E-state index in [2.05, 4.69) is 10.3 Å². The number of benzene rings is 1. The molecular formula is C18H19F3N2O2. The van der Waals surface area contributed by atoms with Crippen LogP contribution in [0.1, 0.15) is 18.1 Å². The molecule has 0 aliphatic carbocycles. The average Bonchev–Trinajstić information content (AvgIpc) is 3.13. The van der Waals surface area contributed by atoms with Crippen molar-refractivity contribution in [3.63, 3.8) is 0 Å². The molecule has 0 saturated carbocycles. The van der Waals surface area contributed by atoms with E-state index in [1.165, 1.54) is 6.20 Å². The van der Waals surface area contributed by atoms with Gasteiger partial charge in [-0.25, -0.2) is 4.98 Å². The third kappa shape index (κ3) is 4.85. The van der Waals surface area contributed by atoms with E-state index >= 15 is 0 Å². The molecule has 0 bridgehead atoms. The zero-order valence-electron chi connectivity index (χ0n) is 13.5. The number of halogens is 3. The van der Waals surface area contributed by atoms with Gasteiger partial charge in [-0.05, 0) is 30.7 Å². The lowest BCUT2D eigenvalue weighted by atomic mass is 9.95. The SMILES string of the molecule is FC(F)(F)COc1ncccc1O[C@@H](c1ccccc1)C1CCNC1. The van der Waals surface area contributed by atoms with Crippen LogP contribution in [0.3, 0.4) is 0 Å². The van der Waals surface area contributed by atoms with Crippen molar-refractivity contribution >= 4 is 0 Å². The van der Waals surface area contributed by atoms with Crippen LogP contribution in [0.4, 0.5) is 13.2 Å². The van der Waals surface area contributed by atoms with Gasteiger partial charge in [0, 0.05) is 18.7 Å². The largest absolute Gasteiger partial charge is 0.480 e. The standard InChI is InChI=1S/C18H19F3N2O2/c19-18(20,21)12-24-17-15(7-4-9-23-17)25-16(14-8-10-22-11-14)13-5-2-1-3-6-13/h1-7,9,14,16,22H,8,10-12H2/t14?,16-/m0/s1. The minimum atomic E-state index is -4.43. The van der Waals surface area contributed by atoms with E-state index in [0.29, 0.717) is 0 Å². The van der Waals surface area contributed by atoms with Gasteiger partial charge in [0.15, 0.2) is 12.4 Å². The first-order valence-corrected chi connectivity index (χ1v) is 8.10. The molecule has 1 saturated heterocycles. The lowest BCUT2D eigenvalue weighted by Gasteiger charge is -2.25. The highest BCUT2D eigenvalue weighted by atomic mass is 19.4. The molecule has 1 fully saturated rings. The quantitative estimate of drug-likeness (QED) is 0.860. The lowest BCUT2D eigenvalue weighted by Crippen LogP contribution is -2.23. The first-order valence-electron chi connectivity index (χ1n) is 8.10. The summed E-state index contributed by atoms with van der Waals surface area (Å²) in [5, 5.41) is 3.29. The lowest BCUT2D eigenvalue weighted by molar-refractivity contribution is -0.154. The highest BCUT2D eigenvalue weighted by Gasteiger charge is 2.31. The molecule has 0 amide bonds. The summed E-state index contributed by atoms with van der Waals surface area (Å²) in [6.45, 7) is 0.280. The van der Waals surface area contributed by atoms with Gasteiger partial charge >= 0.3 is 6.18 Å². The maximum atomic E-state index is 12.4. The van der Waals surface area contributed by atoms with Crippen molar-refractivity contribution in [1.29, 1.82) is 0 Å². The van der Waals surface area contributed by atoms with E-state index in [9.17, 15) is 13.2 Å². The molecule has 134 valence electrons. The van der Waals surface area contributed by atoms with Crippen LogP contribution in [-0.4, -0.2) is 30.9 Å². The third-order valence-corrected chi connectivity index (χ3v) is 4.02. The van der Waals surface area contributed by atoms with Crippen LogP contribution in [0.15, 0.2) is 48.7 Å². The van der Waals surface area contributed by atoms with E-state index in [4.69, 9.17) is 9.47 Å². The molecule has 2 aromatic rings. The molecular weight excluding hydrogens is 333 g/mol. The number of aromatic nitrogens is 1. The van der Waals surface area contributed by atoms with E-state index < -0.39 is 12.8 Å². The van der Waals surface area contributed by atoms with Gasteiger partial charge in [-0.1, -0.05) is 30.3 Å². The first-order chi connectivity index (χ1) is 12.0. The molecule has 2 heterocycles. The Labute approximate surface area is 144 Å².